The van der Waals surface area contributed by atoms with E-state index in [9.17, 15) is 5.11 Å². The summed E-state index contributed by atoms with van der Waals surface area (Å²) in [5, 5.41) is 27.3. The molecule has 9 heteroatoms. The number of phenolic OH excluding ortho intramolecular Hbond substituents is 1. The number of benzene rings is 1. The first kappa shape index (κ1) is 19.4. The van der Waals surface area contributed by atoms with Gasteiger partial charge in [0, 0.05) is 30.8 Å². The van der Waals surface area contributed by atoms with Crippen LogP contribution in [-0.4, -0.2) is 49.4 Å². The van der Waals surface area contributed by atoms with E-state index in [1.165, 1.54) is 11.3 Å². The van der Waals surface area contributed by atoms with Crippen LogP contribution in [0.3, 0.4) is 0 Å². The zero-order valence-electron chi connectivity index (χ0n) is 17.0. The number of nitrogens with one attached hydrogen (secondary N) is 1. The van der Waals surface area contributed by atoms with Crippen LogP contribution in [0.2, 0.25) is 0 Å². The number of hydrogen-bond acceptors (Lipinski definition) is 7. The number of alkyl halides is 1. The van der Waals surface area contributed by atoms with E-state index in [0.717, 1.165) is 17.8 Å². The highest BCUT2D eigenvalue weighted by Gasteiger charge is 2.52. The lowest BCUT2D eigenvalue weighted by Crippen LogP contribution is -2.54. The second-order valence-corrected chi connectivity index (χ2v) is 9.79. The summed E-state index contributed by atoms with van der Waals surface area (Å²) in [4.78, 5) is 0. The first-order valence-electron chi connectivity index (χ1n) is 10.1. The molecule has 4 unspecified atom stereocenters. The molecule has 2 aromatic heterocycles. The molecule has 7 nitrogen and oxygen atoms in total. The minimum absolute atomic E-state index is 0.0772. The molecule has 2 bridgehead atoms. The maximum absolute atomic E-state index is 15.0. The number of piperidine rings is 1. The standard InChI is InChI=1S/C21H24FN5O2S/c1-11-6-7-27(26-11)13-4-5-14(15(28)9-13)19-24-25-20(30-19)29-16-8-12-10-21(2,3)18(23-12)17(16)22/h4-7,9,12,16-18,23,28H,8,10H2,1-3H3. The SMILES string of the molecule is Cc1ccn(-c2ccc(-c3nnc(OC4CC5CC(C)(C)C(N5)C4F)s3)c(O)c2)n1. The van der Waals surface area contributed by atoms with Gasteiger partial charge >= 0.3 is 0 Å². The lowest BCUT2D eigenvalue weighted by atomic mass is 9.83. The molecule has 2 aliphatic rings. The third-order valence-electron chi connectivity index (χ3n) is 6.08. The van der Waals surface area contributed by atoms with Crippen LogP contribution >= 0.6 is 11.3 Å². The number of aromatic nitrogens is 4. The van der Waals surface area contributed by atoms with Crippen LogP contribution in [0.15, 0.2) is 30.5 Å². The molecule has 158 valence electrons. The zero-order valence-corrected chi connectivity index (χ0v) is 17.9. The fourth-order valence-corrected chi connectivity index (χ4v) is 5.39. The second kappa shape index (κ2) is 7.02. The van der Waals surface area contributed by atoms with E-state index in [2.05, 4.69) is 34.5 Å². The van der Waals surface area contributed by atoms with Crippen molar-refractivity contribution in [2.45, 2.75) is 58.0 Å². The predicted octanol–water partition coefficient (Wildman–Crippen LogP) is 3.65. The summed E-state index contributed by atoms with van der Waals surface area (Å²) in [7, 11) is 0. The molecule has 5 rings (SSSR count). The molecule has 4 heterocycles. The molecule has 1 aromatic carbocycles. The van der Waals surface area contributed by atoms with Gasteiger partial charge in [0.1, 0.15) is 11.9 Å². The maximum atomic E-state index is 15.0. The molecule has 0 saturated carbocycles. The molecule has 4 atom stereocenters. The number of nitrogens with zero attached hydrogens (tertiary/aromatic N) is 4. The number of hydrogen-bond donors (Lipinski definition) is 2. The number of rotatable bonds is 4. The fourth-order valence-electron chi connectivity index (χ4n) is 4.61. The average Bonchev–Trinajstić information content (AvgIpc) is 3.38. The van der Waals surface area contributed by atoms with Crippen LogP contribution < -0.4 is 10.1 Å². The predicted molar refractivity (Wildman–Crippen MR) is 112 cm³/mol. The number of halogens is 1. The molecule has 2 saturated heterocycles. The van der Waals surface area contributed by atoms with Crippen LogP contribution in [0.5, 0.6) is 10.9 Å². The summed E-state index contributed by atoms with van der Waals surface area (Å²) in [6.07, 6.45) is 1.75. The van der Waals surface area contributed by atoms with Gasteiger partial charge in [-0.3, -0.25) is 0 Å². The highest BCUT2D eigenvalue weighted by atomic mass is 32.1. The van der Waals surface area contributed by atoms with E-state index in [1.54, 1.807) is 16.8 Å². The fraction of sp³-hybridized carbons (Fsp3) is 0.476. The van der Waals surface area contributed by atoms with Crippen molar-refractivity contribution in [3.8, 4) is 27.2 Å². The lowest BCUT2D eigenvalue weighted by Gasteiger charge is -2.35. The van der Waals surface area contributed by atoms with Gasteiger partial charge in [-0.05, 0) is 37.0 Å². The summed E-state index contributed by atoms with van der Waals surface area (Å²) in [5.74, 6) is 0.0772. The first-order valence-corrected chi connectivity index (χ1v) is 10.9. The zero-order chi connectivity index (χ0) is 21.0. The summed E-state index contributed by atoms with van der Waals surface area (Å²) >= 11 is 1.21. The molecule has 30 heavy (non-hydrogen) atoms. The Labute approximate surface area is 177 Å². The van der Waals surface area contributed by atoms with Gasteiger partial charge in [-0.15, -0.1) is 5.10 Å². The van der Waals surface area contributed by atoms with Crippen LogP contribution in [0, 0.1) is 12.3 Å². The van der Waals surface area contributed by atoms with Gasteiger partial charge < -0.3 is 15.2 Å². The Morgan fingerprint density at radius 1 is 1.30 bits per heavy atom. The molecule has 0 aliphatic carbocycles. The molecular formula is C21H24FN5O2S. The highest BCUT2D eigenvalue weighted by Crippen LogP contribution is 2.44. The van der Waals surface area contributed by atoms with Gasteiger partial charge in [-0.1, -0.05) is 30.3 Å². The summed E-state index contributed by atoms with van der Waals surface area (Å²) in [6, 6.07) is 7.21. The molecule has 2 N–H and O–H groups in total. The average molecular weight is 430 g/mol. The Morgan fingerprint density at radius 3 is 2.87 bits per heavy atom. The minimum Gasteiger partial charge on any atom is -0.507 e. The van der Waals surface area contributed by atoms with Gasteiger partial charge in [-0.25, -0.2) is 9.07 Å². The second-order valence-electron chi connectivity index (χ2n) is 8.85. The monoisotopic (exact) mass is 429 g/mol. The van der Waals surface area contributed by atoms with Crippen molar-refractivity contribution in [2.75, 3.05) is 0 Å². The van der Waals surface area contributed by atoms with E-state index in [1.807, 2.05) is 25.3 Å². The normalized spacial score (nSPS) is 27.3. The first-order chi connectivity index (χ1) is 14.3. The highest BCUT2D eigenvalue weighted by molar-refractivity contribution is 7.16. The van der Waals surface area contributed by atoms with Crippen LogP contribution in [0.25, 0.3) is 16.3 Å². The molecule has 0 radical (unpaired) electrons. The van der Waals surface area contributed by atoms with Crippen LogP contribution in [0.4, 0.5) is 4.39 Å². The Hall–Kier alpha value is -2.52. The summed E-state index contributed by atoms with van der Waals surface area (Å²) in [5.41, 5.74) is 2.11. The van der Waals surface area contributed by atoms with E-state index < -0.39 is 12.3 Å². The van der Waals surface area contributed by atoms with Crippen molar-refractivity contribution in [2.24, 2.45) is 5.41 Å². The van der Waals surface area contributed by atoms with Crippen LogP contribution in [-0.2, 0) is 0 Å². The number of phenols is 1. The molecule has 0 amide bonds. The molecule has 3 aromatic rings. The smallest absolute Gasteiger partial charge is 0.294 e. The Kier molecular flexibility index (Phi) is 4.55. The van der Waals surface area contributed by atoms with Gasteiger partial charge in [0.05, 0.1) is 16.9 Å². The van der Waals surface area contributed by atoms with E-state index >= 15 is 4.39 Å². The third kappa shape index (κ3) is 3.35. The number of aromatic hydroxyl groups is 1. The third-order valence-corrected chi connectivity index (χ3v) is 6.92. The quantitative estimate of drug-likeness (QED) is 0.659. The number of aryl methyl sites for hydroxylation is 1. The molecule has 2 aliphatic heterocycles. The largest absolute Gasteiger partial charge is 0.507 e. The van der Waals surface area contributed by atoms with Crippen molar-refractivity contribution in [1.29, 1.82) is 0 Å². The number of ether oxygens (including phenoxy) is 1. The number of fused-ring (bicyclic) bond motifs is 2. The van der Waals surface area contributed by atoms with Crippen molar-refractivity contribution in [3.63, 3.8) is 0 Å². The van der Waals surface area contributed by atoms with Gasteiger partial charge in [0.25, 0.3) is 5.19 Å². The molecular weight excluding hydrogens is 405 g/mol. The van der Waals surface area contributed by atoms with Gasteiger partial charge in [0.15, 0.2) is 11.2 Å². The van der Waals surface area contributed by atoms with Gasteiger partial charge in [-0.2, -0.15) is 5.10 Å². The van der Waals surface area contributed by atoms with Crippen LogP contribution in [0.1, 0.15) is 32.4 Å². The van der Waals surface area contributed by atoms with Crippen molar-refractivity contribution in [3.05, 3.63) is 36.2 Å². The topological polar surface area (TPSA) is 85.1 Å². The Morgan fingerprint density at radius 2 is 2.13 bits per heavy atom. The Bertz CT molecular complexity index is 1080. The summed E-state index contributed by atoms with van der Waals surface area (Å²) < 4.78 is 22.7. The van der Waals surface area contributed by atoms with E-state index in [0.29, 0.717) is 22.2 Å². The molecule has 2 fully saturated rings. The van der Waals surface area contributed by atoms with E-state index in [-0.39, 0.29) is 23.2 Å². The maximum Gasteiger partial charge on any atom is 0.294 e. The lowest BCUT2D eigenvalue weighted by molar-refractivity contribution is 0.0294. The summed E-state index contributed by atoms with van der Waals surface area (Å²) in [6.45, 7) is 6.10. The van der Waals surface area contributed by atoms with Crippen molar-refractivity contribution >= 4 is 11.3 Å². The van der Waals surface area contributed by atoms with Crippen molar-refractivity contribution in [1.82, 2.24) is 25.3 Å². The minimum atomic E-state index is -1.10. The van der Waals surface area contributed by atoms with Crippen molar-refractivity contribution < 1.29 is 14.2 Å². The van der Waals surface area contributed by atoms with Gasteiger partial charge in [0.2, 0.25) is 0 Å². The van der Waals surface area contributed by atoms with E-state index in [4.69, 9.17) is 4.74 Å². The Balaban J connectivity index is 1.34. The molecule has 0 spiro atoms.